The summed E-state index contributed by atoms with van der Waals surface area (Å²) in [5, 5.41) is 19.0. The lowest BCUT2D eigenvalue weighted by Crippen LogP contribution is -2.49. The number of nitrogens with one attached hydrogen (secondary N) is 1. The number of halogens is 2. The molecule has 30 heavy (non-hydrogen) atoms. The highest BCUT2D eigenvalue weighted by Gasteiger charge is 2.20. The van der Waals surface area contributed by atoms with Gasteiger partial charge in [0.15, 0.2) is 17.4 Å². The molecule has 0 spiro atoms. The highest BCUT2D eigenvalue weighted by molar-refractivity contribution is 5.90. The van der Waals surface area contributed by atoms with Crippen LogP contribution in [0, 0.1) is 11.6 Å². The topological polar surface area (TPSA) is 66.2 Å². The fourth-order valence-electron chi connectivity index (χ4n) is 4.11. The number of rotatable bonds is 2. The summed E-state index contributed by atoms with van der Waals surface area (Å²) in [4.78, 5) is 6.55. The molecule has 1 unspecified atom stereocenters. The number of anilines is 1. The SMILES string of the molecule is CC1CN(c2cc(F)c3nc(-c4cc5cn(C)nc5c(F)c4O)ccc3c2)CCN1. The number of nitrogens with zero attached hydrogens (tertiary/aromatic N) is 4. The lowest BCUT2D eigenvalue weighted by molar-refractivity contribution is 0.437. The molecule has 0 bridgehead atoms. The van der Waals surface area contributed by atoms with Gasteiger partial charge < -0.3 is 15.3 Å². The van der Waals surface area contributed by atoms with Crippen LogP contribution in [-0.2, 0) is 7.05 Å². The minimum atomic E-state index is -0.811. The standard InChI is InChI=1S/C22H21F2N5O/c1-12-10-29(6-5-25-12)15-7-13-3-4-18(26-20(13)17(23)9-15)16-8-14-11-28(2)27-21(14)19(24)22(16)30/h3-4,7-9,11-12,25,30H,5-6,10H2,1-2H3. The van der Waals surface area contributed by atoms with E-state index in [0.717, 1.165) is 25.3 Å². The number of hydrogen-bond acceptors (Lipinski definition) is 5. The molecule has 3 heterocycles. The third-order valence-corrected chi connectivity index (χ3v) is 5.57. The van der Waals surface area contributed by atoms with Gasteiger partial charge in [-0.05, 0) is 31.2 Å². The van der Waals surface area contributed by atoms with Crippen molar-refractivity contribution in [1.29, 1.82) is 0 Å². The molecule has 2 aromatic heterocycles. The summed E-state index contributed by atoms with van der Waals surface area (Å²) < 4.78 is 31.1. The quantitative estimate of drug-likeness (QED) is 0.530. The lowest BCUT2D eigenvalue weighted by Gasteiger charge is -2.33. The molecule has 2 aromatic carbocycles. The fourth-order valence-corrected chi connectivity index (χ4v) is 4.11. The van der Waals surface area contributed by atoms with Crippen LogP contribution in [0.5, 0.6) is 5.75 Å². The molecule has 6 nitrogen and oxygen atoms in total. The second-order valence-electron chi connectivity index (χ2n) is 7.82. The molecule has 4 aromatic rings. The second-order valence-corrected chi connectivity index (χ2v) is 7.82. The number of pyridine rings is 1. The normalized spacial score (nSPS) is 17.2. The number of aryl methyl sites for hydroxylation is 1. The summed E-state index contributed by atoms with van der Waals surface area (Å²) in [5.74, 6) is -1.80. The van der Waals surface area contributed by atoms with Crippen molar-refractivity contribution in [2.45, 2.75) is 13.0 Å². The molecule has 0 saturated carbocycles. The molecule has 0 radical (unpaired) electrons. The van der Waals surface area contributed by atoms with Gasteiger partial charge in [-0.3, -0.25) is 4.68 Å². The number of aromatic nitrogens is 3. The van der Waals surface area contributed by atoms with Crippen molar-refractivity contribution in [2.75, 3.05) is 24.5 Å². The molecule has 1 aliphatic rings. The molecule has 1 fully saturated rings. The van der Waals surface area contributed by atoms with Crippen LogP contribution in [0.2, 0.25) is 0 Å². The first kappa shape index (κ1) is 18.7. The highest BCUT2D eigenvalue weighted by atomic mass is 19.1. The second kappa shape index (κ2) is 6.91. The minimum absolute atomic E-state index is 0.0839. The predicted octanol–water partition coefficient (Wildman–Crippen LogP) is 3.57. The third kappa shape index (κ3) is 3.04. The number of phenols is 1. The predicted molar refractivity (Wildman–Crippen MR) is 113 cm³/mol. The van der Waals surface area contributed by atoms with Crippen molar-refractivity contribution in [2.24, 2.45) is 7.05 Å². The first-order chi connectivity index (χ1) is 14.4. The van der Waals surface area contributed by atoms with E-state index in [1.165, 1.54) is 10.7 Å². The summed E-state index contributed by atoms with van der Waals surface area (Å²) in [6.07, 6.45) is 1.66. The van der Waals surface area contributed by atoms with Crippen molar-refractivity contribution in [1.82, 2.24) is 20.1 Å². The molecule has 5 rings (SSSR count). The number of phenolic OH excluding ortho intramolecular Hbond substituents is 1. The number of hydrogen-bond donors (Lipinski definition) is 2. The van der Waals surface area contributed by atoms with Crippen LogP contribution in [-0.4, -0.2) is 45.5 Å². The molecule has 8 heteroatoms. The lowest BCUT2D eigenvalue weighted by atomic mass is 10.0. The van der Waals surface area contributed by atoms with Crippen LogP contribution in [0.25, 0.3) is 33.1 Å². The van der Waals surface area contributed by atoms with E-state index in [2.05, 4.69) is 27.2 Å². The van der Waals surface area contributed by atoms with E-state index in [1.54, 1.807) is 31.4 Å². The Kier molecular flexibility index (Phi) is 4.32. The van der Waals surface area contributed by atoms with Crippen LogP contribution in [0.4, 0.5) is 14.5 Å². The molecular weight excluding hydrogens is 388 g/mol. The zero-order valence-electron chi connectivity index (χ0n) is 16.7. The van der Waals surface area contributed by atoms with Gasteiger partial charge in [-0.15, -0.1) is 0 Å². The number of fused-ring (bicyclic) bond motifs is 2. The summed E-state index contributed by atoms with van der Waals surface area (Å²) in [7, 11) is 1.68. The molecule has 1 saturated heterocycles. The number of aromatic hydroxyl groups is 1. The van der Waals surface area contributed by atoms with E-state index in [4.69, 9.17) is 0 Å². The largest absolute Gasteiger partial charge is 0.504 e. The molecule has 1 atom stereocenters. The molecular formula is C22H21F2N5O. The van der Waals surface area contributed by atoms with Crippen molar-refractivity contribution in [3.63, 3.8) is 0 Å². The Bertz CT molecular complexity index is 1290. The van der Waals surface area contributed by atoms with Crippen molar-refractivity contribution in [3.8, 4) is 17.0 Å². The minimum Gasteiger partial charge on any atom is -0.504 e. The van der Waals surface area contributed by atoms with Gasteiger partial charge in [0.25, 0.3) is 0 Å². The first-order valence-electron chi connectivity index (χ1n) is 9.84. The summed E-state index contributed by atoms with van der Waals surface area (Å²) >= 11 is 0. The van der Waals surface area contributed by atoms with Gasteiger partial charge in [0, 0.05) is 60.9 Å². The maximum atomic E-state index is 15.0. The monoisotopic (exact) mass is 409 g/mol. The zero-order chi connectivity index (χ0) is 21.0. The van der Waals surface area contributed by atoms with Gasteiger partial charge >= 0.3 is 0 Å². The number of benzene rings is 2. The van der Waals surface area contributed by atoms with Crippen molar-refractivity contribution in [3.05, 3.63) is 48.2 Å². The van der Waals surface area contributed by atoms with Crippen LogP contribution in [0.15, 0.2) is 36.5 Å². The zero-order valence-corrected chi connectivity index (χ0v) is 16.7. The van der Waals surface area contributed by atoms with Crippen molar-refractivity contribution < 1.29 is 13.9 Å². The van der Waals surface area contributed by atoms with Gasteiger partial charge in [0.1, 0.15) is 11.0 Å². The summed E-state index contributed by atoms with van der Waals surface area (Å²) in [6, 6.07) is 8.77. The van der Waals surface area contributed by atoms with Gasteiger partial charge in [0.2, 0.25) is 0 Å². The fraction of sp³-hybridized carbons (Fsp3) is 0.273. The summed E-state index contributed by atoms with van der Waals surface area (Å²) in [5.41, 5.74) is 1.58. The van der Waals surface area contributed by atoms with E-state index >= 15 is 0 Å². The Morgan fingerprint density at radius 3 is 2.77 bits per heavy atom. The van der Waals surface area contributed by atoms with Crippen LogP contribution >= 0.6 is 0 Å². The molecule has 0 aliphatic carbocycles. The molecule has 1 aliphatic heterocycles. The van der Waals surface area contributed by atoms with Crippen LogP contribution < -0.4 is 10.2 Å². The average Bonchev–Trinajstić information content (AvgIpc) is 3.11. The molecule has 2 N–H and O–H groups in total. The van der Waals surface area contributed by atoms with E-state index in [-0.39, 0.29) is 16.6 Å². The highest BCUT2D eigenvalue weighted by Crippen LogP contribution is 2.36. The Hall–Kier alpha value is -3.26. The van der Waals surface area contributed by atoms with Crippen LogP contribution in [0.3, 0.4) is 0 Å². The van der Waals surface area contributed by atoms with Gasteiger partial charge in [-0.1, -0.05) is 6.07 Å². The van der Waals surface area contributed by atoms with Crippen molar-refractivity contribution >= 4 is 27.5 Å². The van der Waals surface area contributed by atoms with E-state index < -0.39 is 17.4 Å². The maximum Gasteiger partial charge on any atom is 0.193 e. The Morgan fingerprint density at radius 2 is 1.97 bits per heavy atom. The summed E-state index contributed by atoms with van der Waals surface area (Å²) in [6.45, 7) is 4.55. The maximum absolute atomic E-state index is 15.0. The van der Waals surface area contributed by atoms with E-state index in [0.29, 0.717) is 22.5 Å². The first-order valence-corrected chi connectivity index (χ1v) is 9.84. The Labute approximate surface area is 171 Å². The molecule has 0 amide bonds. The molecule has 154 valence electrons. The number of piperazine rings is 1. The van der Waals surface area contributed by atoms with Gasteiger partial charge in [0.05, 0.1) is 5.69 Å². The van der Waals surface area contributed by atoms with Crippen LogP contribution in [0.1, 0.15) is 6.92 Å². The van der Waals surface area contributed by atoms with Gasteiger partial charge in [-0.2, -0.15) is 5.10 Å². The smallest absolute Gasteiger partial charge is 0.193 e. The Morgan fingerprint density at radius 1 is 1.13 bits per heavy atom. The third-order valence-electron chi connectivity index (χ3n) is 5.57. The van der Waals surface area contributed by atoms with E-state index in [1.807, 2.05) is 6.07 Å². The average molecular weight is 409 g/mol. The van der Waals surface area contributed by atoms with Gasteiger partial charge in [-0.25, -0.2) is 13.8 Å². The Balaban J connectivity index is 1.60. The van der Waals surface area contributed by atoms with E-state index in [9.17, 15) is 13.9 Å².